The van der Waals surface area contributed by atoms with E-state index in [1.165, 1.54) is 7.11 Å². The maximum Gasteiger partial charge on any atom is 0.338 e. The molecule has 3 aliphatic heterocycles. The molecule has 29 heavy (non-hydrogen) atoms. The molecule has 0 spiro atoms. The Labute approximate surface area is 170 Å². The van der Waals surface area contributed by atoms with E-state index in [2.05, 4.69) is 0 Å². The molecule has 0 aliphatic carbocycles. The monoisotopic (exact) mass is 408 g/mol. The average Bonchev–Trinajstić information content (AvgIpc) is 2.95. The summed E-state index contributed by atoms with van der Waals surface area (Å²) in [6.07, 6.45) is -3.80. The van der Waals surface area contributed by atoms with Crippen molar-refractivity contribution in [3.63, 3.8) is 0 Å². The van der Waals surface area contributed by atoms with Crippen LogP contribution in [-0.4, -0.2) is 68.1 Å². The van der Waals surface area contributed by atoms with Gasteiger partial charge in [-0.05, 0) is 39.8 Å². The Balaban J connectivity index is 1.65. The van der Waals surface area contributed by atoms with Gasteiger partial charge in [0.15, 0.2) is 24.0 Å². The second-order valence-electron chi connectivity index (χ2n) is 8.37. The summed E-state index contributed by atoms with van der Waals surface area (Å²) in [7, 11) is 1.50. The molecule has 3 fully saturated rings. The van der Waals surface area contributed by atoms with Gasteiger partial charge in [-0.2, -0.15) is 0 Å². The van der Waals surface area contributed by atoms with Crippen LogP contribution in [0.3, 0.4) is 0 Å². The van der Waals surface area contributed by atoms with Crippen molar-refractivity contribution in [3.05, 3.63) is 35.9 Å². The Morgan fingerprint density at radius 1 is 0.966 bits per heavy atom. The van der Waals surface area contributed by atoms with Gasteiger partial charge in [-0.15, -0.1) is 0 Å². The summed E-state index contributed by atoms with van der Waals surface area (Å²) in [5, 5.41) is 0. The van der Waals surface area contributed by atoms with Crippen LogP contribution in [0.1, 0.15) is 38.1 Å². The molecular weight excluding hydrogens is 380 g/mol. The van der Waals surface area contributed by atoms with Crippen molar-refractivity contribution >= 4 is 5.97 Å². The summed E-state index contributed by atoms with van der Waals surface area (Å²) in [6.45, 7) is 7.61. The Kier molecular flexibility index (Phi) is 5.43. The molecule has 4 unspecified atom stereocenters. The van der Waals surface area contributed by atoms with E-state index in [0.29, 0.717) is 12.2 Å². The van der Waals surface area contributed by atoms with E-state index in [0.717, 1.165) is 0 Å². The topological polar surface area (TPSA) is 81.7 Å². The maximum atomic E-state index is 12.8. The minimum absolute atomic E-state index is 0.296. The summed E-state index contributed by atoms with van der Waals surface area (Å²) >= 11 is 0. The zero-order chi connectivity index (χ0) is 20.8. The third-order valence-corrected chi connectivity index (χ3v) is 5.25. The number of hydrogen-bond donors (Lipinski definition) is 0. The molecule has 160 valence electrons. The maximum absolute atomic E-state index is 12.8. The Hall–Kier alpha value is -1.55. The van der Waals surface area contributed by atoms with E-state index in [-0.39, 0.29) is 0 Å². The highest BCUT2D eigenvalue weighted by molar-refractivity contribution is 5.89. The molecule has 0 saturated carbocycles. The van der Waals surface area contributed by atoms with Crippen LogP contribution in [0.2, 0.25) is 0 Å². The van der Waals surface area contributed by atoms with Gasteiger partial charge >= 0.3 is 5.97 Å². The predicted octanol–water partition coefficient (Wildman–Crippen LogP) is 2.25. The highest BCUT2D eigenvalue weighted by Crippen LogP contribution is 2.42. The van der Waals surface area contributed by atoms with Crippen molar-refractivity contribution in [1.29, 1.82) is 0 Å². The molecule has 1 aromatic rings. The second kappa shape index (κ2) is 7.61. The standard InChI is InChI=1S/C21H28O8/c1-20(2)24-11-13-14(27-20)15-16(29-21(3,4)28-15)17(19(23-5)25-13)26-18(22)12-9-7-6-8-10-12/h6-10,13-17,19H,11H2,1-5H3/t13?,14-,15?,16+,17?,19?/m1/s1. The first-order valence-electron chi connectivity index (χ1n) is 9.81. The van der Waals surface area contributed by atoms with Crippen LogP contribution in [0.25, 0.3) is 0 Å². The zero-order valence-electron chi connectivity index (χ0n) is 17.3. The van der Waals surface area contributed by atoms with Crippen molar-refractivity contribution in [1.82, 2.24) is 0 Å². The molecule has 0 bridgehead atoms. The molecule has 4 rings (SSSR count). The number of rotatable bonds is 3. The fraction of sp³-hybridized carbons (Fsp3) is 0.667. The largest absolute Gasteiger partial charge is 0.450 e. The van der Waals surface area contributed by atoms with Gasteiger partial charge in [0.1, 0.15) is 24.4 Å². The van der Waals surface area contributed by atoms with Crippen LogP contribution in [-0.2, 0) is 33.2 Å². The lowest BCUT2D eigenvalue weighted by atomic mass is 9.99. The molecule has 0 amide bonds. The van der Waals surface area contributed by atoms with Crippen molar-refractivity contribution < 1.29 is 38.0 Å². The first-order valence-corrected chi connectivity index (χ1v) is 9.81. The van der Waals surface area contributed by atoms with Crippen molar-refractivity contribution in [2.45, 2.75) is 76.1 Å². The van der Waals surface area contributed by atoms with Crippen LogP contribution in [0, 0.1) is 0 Å². The van der Waals surface area contributed by atoms with Crippen LogP contribution in [0.4, 0.5) is 0 Å². The SMILES string of the molecule is COC1OC2COC(C)(C)O[C@H]2C2OC(C)(C)O[C@@H]2C1OC(=O)c1ccccc1. The van der Waals surface area contributed by atoms with Gasteiger partial charge in [0, 0.05) is 7.11 Å². The third kappa shape index (κ3) is 4.19. The number of carbonyl (C=O) groups is 1. The van der Waals surface area contributed by atoms with Gasteiger partial charge in [-0.1, -0.05) is 18.2 Å². The Morgan fingerprint density at radius 2 is 1.62 bits per heavy atom. The van der Waals surface area contributed by atoms with Gasteiger partial charge in [-0.25, -0.2) is 4.79 Å². The van der Waals surface area contributed by atoms with Crippen LogP contribution in [0.15, 0.2) is 30.3 Å². The summed E-state index contributed by atoms with van der Waals surface area (Å²) < 4.78 is 41.7. The second-order valence-corrected chi connectivity index (χ2v) is 8.37. The Bertz CT molecular complexity index is 733. The van der Waals surface area contributed by atoms with Gasteiger partial charge in [0.05, 0.1) is 12.2 Å². The Morgan fingerprint density at radius 3 is 2.31 bits per heavy atom. The predicted molar refractivity (Wildman–Crippen MR) is 100 cm³/mol. The quantitative estimate of drug-likeness (QED) is 0.705. The van der Waals surface area contributed by atoms with Crippen molar-refractivity contribution in [2.75, 3.05) is 13.7 Å². The highest BCUT2D eigenvalue weighted by Gasteiger charge is 2.59. The van der Waals surface area contributed by atoms with E-state index < -0.39 is 54.4 Å². The molecule has 0 aromatic heterocycles. The molecule has 0 radical (unpaired) electrons. The zero-order valence-corrected chi connectivity index (χ0v) is 17.3. The van der Waals surface area contributed by atoms with E-state index in [4.69, 9.17) is 33.2 Å². The van der Waals surface area contributed by atoms with Crippen LogP contribution in [0.5, 0.6) is 0 Å². The number of fused-ring (bicyclic) bond motifs is 3. The van der Waals surface area contributed by atoms with Gasteiger partial charge in [-0.3, -0.25) is 0 Å². The molecular formula is C21H28O8. The smallest absolute Gasteiger partial charge is 0.338 e. The fourth-order valence-electron chi connectivity index (χ4n) is 4.02. The molecule has 3 saturated heterocycles. The molecule has 1 aromatic carbocycles. The molecule has 0 N–H and O–H groups in total. The molecule has 8 nitrogen and oxygen atoms in total. The van der Waals surface area contributed by atoms with E-state index >= 15 is 0 Å². The fourth-order valence-corrected chi connectivity index (χ4v) is 4.02. The first kappa shape index (κ1) is 20.7. The number of benzene rings is 1. The molecule has 3 heterocycles. The summed E-state index contributed by atoms with van der Waals surface area (Å²) in [5.74, 6) is -2.16. The van der Waals surface area contributed by atoms with Crippen molar-refractivity contribution in [3.8, 4) is 0 Å². The van der Waals surface area contributed by atoms with E-state index in [9.17, 15) is 4.79 Å². The number of esters is 1. The van der Waals surface area contributed by atoms with Crippen LogP contribution >= 0.6 is 0 Å². The first-order chi connectivity index (χ1) is 13.7. The van der Waals surface area contributed by atoms with E-state index in [1.54, 1.807) is 24.3 Å². The average molecular weight is 408 g/mol. The lowest BCUT2D eigenvalue weighted by Gasteiger charge is -2.42. The lowest BCUT2D eigenvalue weighted by molar-refractivity contribution is -0.340. The highest BCUT2D eigenvalue weighted by atomic mass is 16.8. The number of carbonyl (C=O) groups excluding carboxylic acids is 1. The van der Waals surface area contributed by atoms with Crippen molar-refractivity contribution in [2.24, 2.45) is 0 Å². The minimum Gasteiger partial charge on any atom is -0.450 e. The van der Waals surface area contributed by atoms with Gasteiger partial charge < -0.3 is 33.2 Å². The summed E-state index contributed by atoms with van der Waals surface area (Å²) in [6, 6.07) is 8.76. The number of methoxy groups -OCH3 is 1. The molecule has 8 heteroatoms. The van der Waals surface area contributed by atoms with E-state index in [1.807, 2.05) is 33.8 Å². The summed E-state index contributed by atoms with van der Waals surface area (Å²) in [5.41, 5.74) is 0.430. The normalized spacial score (nSPS) is 37.8. The van der Waals surface area contributed by atoms with Crippen LogP contribution < -0.4 is 0 Å². The minimum atomic E-state index is -0.876. The number of ether oxygens (including phenoxy) is 7. The molecule has 6 atom stereocenters. The summed E-state index contributed by atoms with van der Waals surface area (Å²) in [4.78, 5) is 12.8. The third-order valence-electron chi connectivity index (χ3n) is 5.25. The number of hydrogen-bond acceptors (Lipinski definition) is 8. The van der Waals surface area contributed by atoms with Gasteiger partial charge in [0.25, 0.3) is 0 Å². The van der Waals surface area contributed by atoms with Gasteiger partial charge in [0.2, 0.25) is 0 Å². The lowest BCUT2D eigenvalue weighted by Crippen LogP contribution is -2.55. The molecule has 3 aliphatic rings.